The second kappa shape index (κ2) is 9.87. The topological polar surface area (TPSA) is 85.4 Å². The van der Waals surface area contributed by atoms with E-state index in [0.29, 0.717) is 13.2 Å². The van der Waals surface area contributed by atoms with Gasteiger partial charge >= 0.3 is 0 Å². The van der Waals surface area contributed by atoms with Crippen molar-refractivity contribution in [1.82, 2.24) is 9.97 Å². The van der Waals surface area contributed by atoms with E-state index in [-0.39, 0.29) is 0 Å². The Hall–Kier alpha value is -3.15. The highest BCUT2D eigenvalue weighted by atomic mass is 16.5. The van der Waals surface area contributed by atoms with Gasteiger partial charge < -0.3 is 15.8 Å². The molecule has 1 aromatic carbocycles. The normalized spacial score (nSPS) is 12.0. The van der Waals surface area contributed by atoms with Crippen LogP contribution in [0.2, 0.25) is 0 Å². The van der Waals surface area contributed by atoms with E-state index in [1.807, 2.05) is 37.3 Å². The minimum absolute atomic E-state index is 0.633. The lowest BCUT2D eigenvalue weighted by atomic mass is 10.1. The van der Waals surface area contributed by atoms with Gasteiger partial charge in [-0.15, -0.1) is 0 Å². The summed E-state index contributed by atoms with van der Waals surface area (Å²) in [5.41, 5.74) is 9.48. The standard InChI is InChI=1S/C19H23N5O/c1-3-25-9-8-18-10-19(24-14-23-18)22-12-15-4-6-16(7-5-15)17(11-20)13-21-2/h4-11,13-14H,3,12,20H2,1-2H3,(H,22,23,24)/b9-8+,17-11?,21-13?. The molecule has 0 saturated carbocycles. The molecular weight excluding hydrogens is 314 g/mol. The minimum atomic E-state index is 0.633. The van der Waals surface area contributed by atoms with E-state index in [0.717, 1.165) is 28.2 Å². The molecular formula is C19H23N5O. The summed E-state index contributed by atoms with van der Waals surface area (Å²) in [7, 11) is 1.72. The molecule has 2 aromatic rings. The molecule has 3 N–H and O–H groups in total. The van der Waals surface area contributed by atoms with E-state index in [4.69, 9.17) is 10.5 Å². The van der Waals surface area contributed by atoms with Gasteiger partial charge in [-0.1, -0.05) is 24.3 Å². The molecule has 0 aliphatic rings. The van der Waals surface area contributed by atoms with Crippen molar-refractivity contribution in [3.05, 3.63) is 65.9 Å². The first kappa shape index (κ1) is 18.2. The molecule has 25 heavy (non-hydrogen) atoms. The fourth-order valence-electron chi connectivity index (χ4n) is 2.13. The van der Waals surface area contributed by atoms with Gasteiger partial charge in [0, 0.05) is 37.6 Å². The smallest absolute Gasteiger partial charge is 0.130 e. The number of nitrogens with one attached hydrogen (secondary N) is 1. The molecule has 6 nitrogen and oxygen atoms in total. The number of aromatic nitrogens is 2. The number of hydrogen-bond donors (Lipinski definition) is 2. The molecule has 0 radical (unpaired) electrons. The van der Waals surface area contributed by atoms with Crippen LogP contribution in [0.15, 0.2) is 54.1 Å². The molecule has 0 aliphatic heterocycles. The van der Waals surface area contributed by atoms with Crippen LogP contribution in [-0.2, 0) is 11.3 Å². The average Bonchev–Trinajstić information content (AvgIpc) is 2.65. The van der Waals surface area contributed by atoms with Gasteiger partial charge in [-0.05, 0) is 24.1 Å². The first-order chi connectivity index (χ1) is 12.3. The summed E-state index contributed by atoms with van der Waals surface area (Å²) < 4.78 is 5.18. The van der Waals surface area contributed by atoms with Crippen LogP contribution >= 0.6 is 0 Å². The zero-order valence-electron chi connectivity index (χ0n) is 14.5. The summed E-state index contributed by atoms with van der Waals surface area (Å²) in [5.74, 6) is 0.760. The molecule has 6 heteroatoms. The van der Waals surface area contributed by atoms with E-state index >= 15 is 0 Å². The largest absolute Gasteiger partial charge is 0.501 e. The number of ether oxygens (including phenoxy) is 1. The molecule has 0 amide bonds. The lowest BCUT2D eigenvalue weighted by molar-refractivity contribution is 0.272. The molecule has 0 aliphatic carbocycles. The van der Waals surface area contributed by atoms with Crippen molar-refractivity contribution in [2.24, 2.45) is 10.7 Å². The van der Waals surface area contributed by atoms with Crippen LogP contribution in [0.5, 0.6) is 0 Å². The first-order valence-electron chi connectivity index (χ1n) is 8.04. The number of allylic oxidation sites excluding steroid dienone is 1. The minimum Gasteiger partial charge on any atom is -0.501 e. The third kappa shape index (κ3) is 5.76. The Morgan fingerprint density at radius 2 is 2.08 bits per heavy atom. The van der Waals surface area contributed by atoms with Gasteiger partial charge in [0.2, 0.25) is 0 Å². The van der Waals surface area contributed by atoms with E-state index in [1.165, 1.54) is 6.33 Å². The van der Waals surface area contributed by atoms with Crippen molar-refractivity contribution in [2.75, 3.05) is 19.0 Å². The highest BCUT2D eigenvalue weighted by molar-refractivity contribution is 6.09. The molecule has 130 valence electrons. The van der Waals surface area contributed by atoms with Gasteiger partial charge in [-0.2, -0.15) is 0 Å². The van der Waals surface area contributed by atoms with Crippen LogP contribution in [0, 0.1) is 0 Å². The summed E-state index contributed by atoms with van der Waals surface area (Å²) >= 11 is 0. The Morgan fingerprint density at radius 3 is 2.76 bits per heavy atom. The number of benzene rings is 1. The molecule has 1 heterocycles. The monoisotopic (exact) mass is 337 g/mol. The summed E-state index contributed by atoms with van der Waals surface area (Å²) in [6.45, 7) is 3.23. The Kier molecular flexibility index (Phi) is 7.18. The van der Waals surface area contributed by atoms with Gasteiger partial charge in [0.15, 0.2) is 0 Å². The highest BCUT2D eigenvalue weighted by Crippen LogP contribution is 2.14. The predicted octanol–water partition coefficient (Wildman–Crippen LogP) is 3.10. The second-order valence-corrected chi connectivity index (χ2v) is 5.15. The van der Waals surface area contributed by atoms with Crippen LogP contribution in [0.4, 0.5) is 5.82 Å². The molecule has 2 rings (SSSR count). The fraction of sp³-hybridized carbons (Fsp3) is 0.211. The van der Waals surface area contributed by atoms with E-state index in [2.05, 4.69) is 20.3 Å². The zero-order chi connectivity index (χ0) is 17.9. The van der Waals surface area contributed by atoms with E-state index in [9.17, 15) is 0 Å². The van der Waals surface area contributed by atoms with Crippen LogP contribution in [-0.4, -0.2) is 29.8 Å². The summed E-state index contributed by atoms with van der Waals surface area (Å²) in [6.07, 6.45) is 8.26. The number of rotatable bonds is 8. The van der Waals surface area contributed by atoms with Gasteiger partial charge in [0.25, 0.3) is 0 Å². The Morgan fingerprint density at radius 1 is 1.28 bits per heavy atom. The number of hydrogen-bond acceptors (Lipinski definition) is 6. The number of nitrogens with two attached hydrogens (primary N) is 1. The Balaban J connectivity index is 1.98. The summed E-state index contributed by atoms with van der Waals surface area (Å²) in [5, 5.41) is 3.29. The molecule has 1 aromatic heterocycles. The second-order valence-electron chi connectivity index (χ2n) is 5.15. The third-order valence-corrected chi connectivity index (χ3v) is 3.40. The van der Waals surface area contributed by atoms with Crippen molar-refractivity contribution in [3.8, 4) is 0 Å². The maximum atomic E-state index is 5.63. The third-order valence-electron chi connectivity index (χ3n) is 3.40. The van der Waals surface area contributed by atoms with Gasteiger partial charge in [-0.25, -0.2) is 9.97 Å². The van der Waals surface area contributed by atoms with E-state index in [1.54, 1.807) is 31.8 Å². The highest BCUT2D eigenvalue weighted by Gasteiger charge is 2.00. The molecule has 0 bridgehead atoms. The van der Waals surface area contributed by atoms with Gasteiger partial charge in [0.1, 0.15) is 12.1 Å². The lowest BCUT2D eigenvalue weighted by Crippen LogP contribution is -2.02. The number of aliphatic imine (C=N–C) groups is 1. The Bertz CT molecular complexity index is 751. The predicted molar refractivity (Wildman–Crippen MR) is 103 cm³/mol. The average molecular weight is 337 g/mol. The quantitative estimate of drug-likeness (QED) is 0.571. The molecule has 0 saturated heterocycles. The van der Waals surface area contributed by atoms with Gasteiger partial charge in [-0.3, -0.25) is 4.99 Å². The molecule has 0 atom stereocenters. The SMILES string of the molecule is CCO/C=C/c1cc(NCc2ccc(C(C=NC)=CN)cc2)ncn1. The summed E-state index contributed by atoms with van der Waals surface area (Å²) in [4.78, 5) is 12.4. The first-order valence-corrected chi connectivity index (χ1v) is 8.04. The van der Waals surface area contributed by atoms with Crippen LogP contribution in [0.1, 0.15) is 23.7 Å². The van der Waals surface area contributed by atoms with Crippen molar-refractivity contribution < 1.29 is 4.74 Å². The van der Waals surface area contributed by atoms with Crippen LogP contribution in [0.3, 0.4) is 0 Å². The van der Waals surface area contributed by atoms with Crippen molar-refractivity contribution >= 4 is 23.7 Å². The molecule has 0 fully saturated rings. The fourth-order valence-corrected chi connectivity index (χ4v) is 2.13. The maximum Gasteiger partial charge on any atom is 0.130 e. The zero-order valence-corrected chi connectivity index (χ0v) is 14.5. The summed E-state index contributed by atoms with van der Waals surface area (Å²) in [6, 6.07) is 10.0. The van der Waals surface area contributed by atoms with E-state index < -0.39 is 0 Å². The maximum absolute atomic E-state index is 5.63. The van der Waals surface area contributed by atoms with Crippen molar-refractivity contribution in [3.63, 3.8) is 0 Å². The Labute approximate surface area is 148 Å². The van der Waals surface area contributed by atoms with Crippen LogP contribution < -0.4 is 11.1 Å². The lowest BCUT2D eigenvalue weighted by Gasteiger charge is -2.07. The molecule has 0 spiro atoms. The van der Waals surface area contributed by atoms with Gasteiger partial charge in [0.05, 0.1) is 18.6 Å². The van der Waals surface area contributed by atoms with Crippen LogP contribution in [0.25, 0.3) is 11.6 Å². The number of anilines is 1. The van der Waals surface area contributed by atoms with Crippen molar-refractivity contribution in [1.29, 1.82) is 0 Å². The van der Waals surface area contributed by atoms with Crippen molar-refractivity contribution in [2.45, 2.75) is 13.5 Å². The number of nitrogens with zero attached hydrogens (tertiary/aromatic N) is 3. The molecule has 0 unspecified atom stereocenters.